The number of hydrogen-bond acceptors (Lipinski definition) is 3. The number of H-pyrrole nitrogens is 1. The van der Waals surface area contributed by atoms with E-state index in [9.17, 15) is 9.18 Å². The van der Waals surface area contributed by atoms with Crippen molar-refractivity contribution in [1.82, 2.24) is 9.97 Å². The molecular formula is C8H12FN3O. The number of alkyl halides is 1. The summed E-state index contributed by atoms with van der Waals surface area (Å²) in [4.78, 5) is 17.3. The first-order chi connectivity index (χ1) is 6.20. The Balaban J connectivity index is 2.46. The van der Waals surface area contributed by atoms with E-state index in [-0.39, 0.29) is 11.4 Å². The van der Waals surface area contributed by atoms with Gasteiger partial charge in [0.1, 0.15) is 0 Å². The van der Waals surface area contributed by atoms with Gasteiger partial charge >= 0.3 is 0 Å². The summed E-state index contributed by atoms with van der Waals surface area (Å²) >= 11 is 0. The second-order valence-corrected chi connectivity index (χ2v) is 2.76. The number of anilines is 1. The zero-order valence-corrected chi connectivity index (χ0v) is 7.38. The highest BCUT2D eigenvalue weighted by atomic mass is 19.1. The molecule has 0 bridgehead atoms. The molecule has 72 valence electrons. The van der Waals surface area contributed by atoms with Gasteiger partial charge in [-0.25, -0.2) is 9.37 Å². The third kappa shape index (κ3) is 3.23. The van der Waals surface area contributed by atoms with Crippen LogP contribution in [0.25, 0.3) is 0 Å². The molecule has 0 saturated carbocycles. The van der Waals surface area contributed by atoms with Gasteiger partial charge in [-0.1, -0.05) is 0 Å². The number of aromatic amines is 1. The molecule has 0 spiro atoms. The van der Waals surface area contributed by atoms with Crippen molar-refractivity contribution in [1.29, 1.82) is 0 Å². The molecule has 1 rings (SSSR count). The molecule has 1 heterocycles. The van der Waals surface area contributed by atoms with E-state index in [1.165, 1.54) is 19.3 Å². The normalized spacial score (nSPS) is 12.5. The Labute approximate surface area is 75.2 Å². The number of rotatable bonds is 4. The Morgan fingerprint density at radius 1 is 1.77 bits per heavy atom. The lowest BCUT2D eigenvalue weighted by atomic mass is 10.3. The fourth-order valence-electron chi connectivity index (χ4n) is 0.867. The second kappa shape index (κ2) is 4.59. The number of halogens is 1. The summed E-state index contributed by atoms with van der Waals surface area (Å²) < 4.78 is 12.4. The van der Waals surface area contributed by atoms with Gasteiger partial charge in [0.2, 0.25) is 0 Å². The van der Waals surface area contributed by atoms with Crippen LogP contribution in [-0.4, -0.2) is 22.7 Å². The van der Waals surface area contributed by atoms with E-state index >= 15 is 0 Å². The number of aromatic nitrogens is 2. The van der Waals surface area contributed by atoms with Crippen LogP contribution in [-0.2, 0) is 0 Å². The van der Waals surface area contributed by atoms with Gasteiger partial charge in [0.15, 0.2) is 5.82 Å². The Morgan fingerprint density at radius 3 is 3.15 bits per heavy atom. The largest absolute Gasteiger partial charge is 0.365 e. The van der Waals surface area contributed by atoms with Crippen LogP contribution in [0.5, 0.6) is 0 Å². The predicted octanol–water partition coefficient (Wildman–Crippen LogP) is 0.930. The van der Waals surface area contributed by atoms with Gasteiger partial charge in [0, 0.05) is 18.9 Å². The standard InChI is InChI=1S/C8H12FN3O/c1-6(9)2-3-10-7-8(13)12-5-4-11-7/h4-6H,2-3H2,1H3,(H,10,11)(H,12,13). The Bertz CT molecular complexity index is 310. The van der Waals surface area contributed by atoms with Gasteiger partial charge in [-0.15, -0.1) is 0 Å². The molecular weight excluding hydrogens is 173 g/mol. The molecule has 1 aromatic rings. The van der Waals surface area contributed by atoms with Crippen molar-refractivity contribution in [3.8, 4) is 0 Å². The van der Waals surface area contributed by atoms with Crippen LogP contribution in [0.15, 0.2) is 17.2 Å². The molecule has 4 nitrogen and oxygen atoms in total. The van der Waals surface area contributed by atoms with Crippen molar-refractivity contribution in [2.24, 2.45) is 0 Å². The molecule has 13 heavy (non-hydrogen) atoms. The number of nitrogens with zero attached hydrogens (tertiary/aromatic N) is 1. The molecule has 0 radical (unpaired) electrons. The lowest BCUT2D eigenvalue weighted by Gasteiger charge is -2.03. The van der Waals surface area contributed by atoms with E-state index in [1.54, 1.807) is 0 Å². The average Bonchev–Trinajstić information content (AvgIpc) is 2.08. The van der Waals surface area contributed by atoms with Crippen molar-refractivity contribution in [3.05, 3.63) is 22.7 Å². The maximum absolute atomic E-state index is 12.4. The van der Waals surface area contributed by atoms with Crippen LogP contribution in [0.1, 0.15) is 13.3 Å². The van der Waals surface area contributed by atoms with Crippen LogP contribution in [0.2, 0.25) is 0 Å². The lowest BCUT2D eigenvalue weighted by molar-refractivity contribution is 0.348. The third-order valence-corrected chi connectivity index (χ3v) is 1.54. The highest BCUT2D eigenvalue weighted by molar-refractivity contribution is 5.29. The van der Waals surface area contributed by atoms with Crippen LogP contribution in [0.4, 0.5) is 10.2 Å². The Kier molecular flexibility index (Phi) is 3.42. The molecule has 5 heteroatoms. The number of nitrogens with one attached hydrogen (secondary N) is 2. The van der Waals surface area contributed by atoms with Gasteiger partial charge in [-0.3, -0.25) is 4.79 Å². The number of hydrogen-bond donors (Lipinski definition) is 2. The minimum absolute atomic E-state index is 0.239. The summed E-state index contributed by atoms with van der Waals surface area (Å²) in [6.07, 6.45) is 2.43. The van der Waals surface area contributed by atoms with Crippen LogP contribution in [0, 0.1) is 0 Å². The maximum Gasteiger partial charge on any atom is 0.290 e. The summed E-state index contributed by atoms with van der Waals surface area (Å²) in [5.74, 6) is 0.239. The first-order valence-corrected chi connectivity index (χ1v) is 4.12. The SMILES string of the molecule is CC(F)CCNc1ncc[nH]c1=O. The van der Waals surface area contributed by atoms with Crippen molar-refractivity contribution in [2.45, 2.75) is 19.5 Å². The third-order valence-electron chi connectivity index (χ3n) is 1.54. The van der Waals surface area contributed by atoms with E-state index in [0.29, 0.717) is 13.0 Å². The van der Waals surface area contributed by atoms with E-state index < -0.39 is 6.17 Å². The summed E-state index contributed by atoms with van der Waals surface area (Å²) in [5.41, 5.74) is -0.283. The summed E-state index contributed by atoms with van der Waals surface area (Å²) in [6.45, 7) is 1.89. The summed E-state index contributed by atoms with van der Waals surface area (Å²) in [7, 11) is 0. The summed E-state index contributed by atoms with van der Waals surface area (Å²) in [5, 5.41) is 2.75. The van der Waals surface area contributed by atoms with E-state index in [1.807, 2.05) is 0 Å². The van der Waals surface area contributed by atoms with Crippen LogP contribution < -0.4 is 10.9 Å². The molecule has 0 fully saturated rings. The highest BCUT2D eigenvalue weighted by Gasteiger charge is 2.00. The molecule has 0 aliphatic carbocycles. The average molecular weight is 185 g/mol. The minimum atomic E-state index is -0.865. The zero-order chi connectivity index (χ0) is 9.68. The van der Waals surface area contributed by atoms with Crippen molar-refractivity contribution in [2.75, 3.05) is 11.9 Å². The highest BCUT2D eigenvalue weighted by Crippen LogP contribution is 1.96. The van der Waals surface area contributed by atoms with Gasteiger partial charge in [-0.05, 0) is 13.3 Å². The predicted molar refractivity (Wildman–Crippen MR) is 48.5 cm³/mol. The van der Waals surface area contributed by atoms with Crippen LogP contribution >= 0.6 is 0 Å². The van der Waals surface area contributed by atoms with Gasteiger partial charge in [0.05, 0.1) is 6.17 Å². The van der Waals surface area contributed by atoms with Crippen molar-refractivity contribution < 1.29 is 4.39 Å². The van der Waals surface area contributed by atoms with E-state index in [4.69, 9.17) is 0 Å². The van der Waals surface area contributed by atoms with E-state index in [2.05, 4.69) is 15.3 Å². The van der Waals surface area contributed by atoms with Crippen molar-refractivity contribution >= 4 is 5.82 Å². The topological polar surface area (TPSA) is 57.8 Å². The quantitative estimate of drug-likeness (QED) is 0.733. The summed E-state index contributed by atoms with van der Waals surface area (Å²) in [6, 6.07) is 0. The Hall–Kier alpha value is -1.39. The minimum Gasteiger partial charge on any atom is -0.365 e. The molecule has 0 saturated heterocycles. The smallest absolute Gasteiger partial charge is 0.290 e. The zero-order valence-electron chi connectivity index (χ0n) is 7.38. The van der Waals surface area contributed by atoms with Crippen LogP contribution in [0.3, 0.4) is 0 Å². The molecule has 0 aromatic carbocycles. The lowest BCUT2D eigenvalue weighted by Crippen LogP contribution is -2.17. The van der Waals surface area contributed by atoms with Crippen molar-refractivity contribution in [3.63, 3.8) is 0 Å². The fraction of sp³-hybridized carbons (Fsp3) is 0.500. The van der Waals surface area contributed by atoms with Gasteiger partial charge in [0.25, 0.3) is 5.56 Å². The maximum atomic E-state index is 12.4. The molecule has 2 N–H and O–H groups in total. The first kappa shape index (κ1) is 9.70. The Morgan fingerprint density at radius 2 is 2.54 bits per heavy atom. The van der Waals surface area contributed by atoms with Gasteiger partial charge < -0.3 is 10.3 Å². The molecule has 0 aliphatic rings. The first-order valence-electron chi connectivity index (χ1n) is 4.12. The molecule has 0 aliphatic heterocycles. The fourth-order valence-corrected chi connectivity index (χ4v) is 0.867. The second-order valence-electron chi connectivity index (χ2n) is 2.76. The molecule has 1 unspecified atom stereocenters. The molecule has 1 atom stereocenters. The van der Waals surface area contributed by atoms with Gasteiger partial charge in [-0.2, -0.15) is 0 Å². The molecule has 1 aromatic heterocycles. The monoisotopic (exact) mass is 185 g/mol. The van der Waals surface area contributed by atoms with E-state index in [0.717, 1.165) is 0 Å². The molecule has 0 amide bonds.